The lowest BCUT2D eigenvalue weighted by Gasteiger charge is -2.35. The highest BCUT2D eigenvalue weighted by Crippen LogP contribution is 2.41. The van der Waals surface area contributed by atoms with Crippen LogP contribution in [0, 0.1) is 0 Å². The largest absolute Gasteiger partial charge is 0.426 e. The molecule has 1 atom stereocenters. The zero-order chi connectivity index (χ0) is 22.1. The predicted molar refractivity (Wildman–Crippen MR) is 99.8 cm³/mol. The number of aryl methyl sites for hydroxylation is 1. The second-order valence-electron chi connectivity index (χ2n) is 6.74. The van der Waals surface area contributed by atoms with Crippen LogP contribution in [0.5, 0.6) is 0 Å². The van der Waals surface area contributed by atoms with Crippen LogP contribution in [0.3, 0.4) is 0 Å². The van der Waals surface area contributed by atoms with Crippen LogP contribution in [-0.4, -0.2) is 43.0 Å². The molecule has 0 bridgehead atoms. The molecule has 3 rings (SSSR count). The van der Waals surface area contributed by atoms with Gasteiger partial charge in [0.25, 0.3) is 0 Å². The summed E-state index contributed by atoms with van der Waals surface area (Å²) in [5.74, 6) is 0.181. The molecule has 1 aliphatic rings. The van der Waals surface area contributed by atoms with Gasteiger partial charge < -0.3 is 15.2 Å². The number of alkyl halides is 3. The Balaban J connectivity index is 2.25. The van der Waals surface area contributed by atoms with Crippen LogP contribution in [0.15, 0.2) is 24.4 Å². The van der Waals surface area contributed by atoms with Gasteiger partial charge in [0.05, 0.1) is 5.56 Å². The fourth-order valence-electron chi connectivity index (χ4n) is 3.64. The number of amides is 2. The van der Waals surface area contributed by atoms with E-state index in [4.69, 9.17) is 15.2 Å². The summed E-state index contributed by atoms with van der Waals surface area (Å²) in [5, 5.41) is 0. The van der Waals surface area contributed by atoms with E-state index in [0.717, 1.165) is 12.1 Å². The number of primary amides is 1. The minimum atomic E-state index is -4.57. The van der Waals surface area contributed by atoms with E-state index >= 15 is 0 Å². The van der Waals surface area contributed by atoms with E-state index in [-0.39, 0.29) is 29.4 Å². The van der Waals surface area contributed by atoms with Crippen LogP contribution >= 0.6 is 0 Å². The van der Waals surface area contributed by atoms with Gasteiger partial charge in [0.15, 0.2) is 6.29 Å². The van der Waals surface area contributed by atoms with Crippen molar-refractivity contribution in [3.63, 3.8) is 0 Å². The second-order valence-corrected chi connectivity index (χ2v) is 6.74. The summed E-state index contributed by atoms with van der Waals surface area (Å²) >= 11 is 0. The number of hydrogen-bond donors (Lipinski definition) is 1. The molecule has 0 fully saturated rings. The van der Waals surface area contributed by atoms with Crippen molar-refractivity contribution in [2.45, 2.75) is 25.3 Å². The molecule has 2 N–H and O–H groups in total. The van der Waals surface area contributed by atoms with Crippen molar-refractivity contribution in [1.82, 2.24) is 14.5 Å². The summed E-state index contributed by atoms with van der Waals surface area (Å²) in [5.41, 5.74) is 5.70. The summed E-state index contributed by atoms with van der Waals surface area (Å²) < 4.78 is 48.6. The third kappa shape index (κ3) is 3.55. The average Bonchev–Trinajstić information content (AvgIpc) is 2.73. The van der Waals surface area contributed by atoms with Crippen LogP contribution in [0.1, 0.15) is 39.9 Å². The van der Waals surface area contributed by atoms with E-state index in [9.17, 15) is 22.8 Å². The third-order valence-corrected chi connectivity index (χ3v) is 5.06. The Labute approximate surface area is 170 Å². The molecule has 160 valence electrons. The molecule has 0 aromatic carbocycles. The number of carbonyl (C=O) groups excluding carboxylic acids is 2. The molecule has 0 aliphatic carbocycles. The van der Waals surface area contributed by atoms with Crippen molar-refractivity contribution in [3.05, 3.63) is 46.8 Å². The minimum Gasteiger partial charge on any atom is -0.350 e. The van der Waals surface area contributed by atoms with Gasteiger partial charge >= 0.3 is 12.2 Å². The van der Waals surface area contributed by atoms with E-state index in [0.29, 0.717) is 30.9 Å². The van der Waals surface area contributed by atoms with Crippen molar-refractivity contribution in [1.29, 1.82) is 0 Å². The number of methoxy groups -OCH3 is 2. The lowest BCUT2D eigenvalue weighted by atomic mass is 9.99. The van der Waals surface area contributed by atoms with Gasteiger partial charge in [-0.1, -0.05) is 0 Å². The van der Waals surface area contributed by atoms with E-state index in [1.54, 1.807) is 6.07 Å². The number of nitrogens with zero attached hydrogens (tertiary/aromatic N) is 3. The molecule has 8 nitrogen and oxygen atoms in total. The Morgan fingerprint density at radius 3 is 2.50 bits per heavy atom. The summed E-state index contributed by atoms with van der Waals surface area (Å²) in [6.45, 7) is 0.151. The van der Waals surface area contributed by atoms with Crippen LogP contribution in [0.2, 0.25) is 0 Å². The highest BCUT2D eigenvalue weighted by atomic mass is 19.4. The molecule has 0 saturated carbocycles. The summed E-state index contributed by atoms with van der Waals surface area (Å²) in [4.78, 5) is 32.6. The maximum atomic E-state index is 12.9. The maximum absolute atomic E-state index is 12.9. The van der Waals surface area contributed by atoms with E-state index in [2.05, 4.69) is 9.97 Å². The van der Waals surface area contributed by atoms with Gasteiger partial charge in [-0.2, -0.15) is 18.2 Å². The molecule has 2 amide bonds. The molecular formula is C19H20F3N4O4+. The quantitative estimate of drug-likeness (QED) is 0.448. The Morgan fingerprint density at radius 1 is 1.30 bits per heavy atom. The lowest BCUT2D eigenvalue weighted by Crippen LogP contribution is -2.56. The fraction of sp³-hybridized carbons (Fsp3) is 0.368. The number of halogens is 3. The van der Waals surface area contributed by atoms with Crippen molar-refractivity contribution < 1.29 is 32.2 Å². The topological polar surface area (TPSA) is 104 Å². The van der Waals surface area contributed by atoms with E-state index in [1.807, 2.05) is 0 Å². The predicted octanol–water partition coefficient (Wildman–Crippen LogP) is 3.26. The molecule has 1 unspecified atom stereocenters. The molecule has 0 spiro atoms. The number of aromatic nitrogens is 2. The second kappa shape index (κ2) is 8.09. The Hall–Kier alpha value is -2.89. The van der Waals surface area contributed by atoms with Crippen molar-refractivity contribution >= 4 is 24.0 Å². The van der Waals surface area contributed by atoms with Gasteiger partial charge in [0.2, 0.25) is 17.9 Å². The van der Waals surface area contributed by atoms with Crippen LogP contribution in [0.4, 0.5) is 29.6 Å². The Kier molecular flexibility index (Phi) is 5.88. The van der Waals surface area contributed by atoms with Crippen molar-refractivity contribution in [2.75, 3.05) is 20.8 Å². The molecule has 3 heterocycles. The van der Waals surface area contributed by atoms with Crippen LogP contribution < -0.4 is 10.2 Å². The van der Waals surface area contributed by atoms with Gasteiger partial charge in [0.1, 0.15) is 12.2 Å². The number of rotatable bonds is 5. The maximum Gasteiger partial charge on any atom is 0.426 e. The highest BCUT2D eigenvalue weighted by Gasteiger charge is 2.48. The van der Waals surface area contributed by atoms with Crippen molar-refractivity contribution in [2.24, 2.45) is 5.73 Å². The molecule has 0 radical (unpaired) electrons. The normalized spacial score (nSPS) is 18.9. The number of fused-ring (bicyclic) bond motifs is 1. The number of aldehydes is 1. The average molecular weight is 425 g/mol. The minimum absolute atomic E-state index is 0.000127. The van der Waals surface area contributed by atoms with Gasteiger partial charge in [-0.3, -0.25) is 4.79 Å². The van der Waals surface area contributed by atoms with Crippen LogP contribution in [0.25, 0.3) is 0 Å². The van der Waals surface area contributed by atoms with E-state index in [1.165, 1.54) is 14.2 Å². The molecular weight excluding hydrogens is 405 g/mol. The summed E-state index contributed by atoms with van der Waals surface area (Å²) in [6.07, 6.45) is -3.33. The molecule has 1 aliphatic heterocycles. The third-order valence-electron chi connectivity index (χ3n) is 5.06. The molecule has 30 heavy (non-hydrogen) atoms. The number of hydrogen-bond acceptors (Lipinski definition) is 6. The number of carbonyl (C=O) groups is 2. The Bertz CT molecular complexity index is 961. The molecule has 2 aromatic heterocycles. The number of pyridine rings is 2. The first-order valence-electron chi connectivity index (χ1n) is 8.96. The summed E-state index contributed by atoms with van der Waals surface area (Å²) in [6, 6.07) is 2.66. The monoisotopic (exact) mass is 425 g/mol. The zero-order valence-corrected chi connectivity index (χ0v) is 16.3. The van der Waals surface area contributed by atoms with Gasteiger partial charge in [-0.15, -0.1) is 4.48 Å². The van der Waals surface area contributed by atoms with E-state index < -0.39 is 28.5 Å². The van der Waals surface area contributed by atoms with Crippen molar-refractivity contribution in [3.8, 4) is 0 Å². The lowest BCUT2D eigenvalue weighted by molar-refractivity contribution is -0.137. The fourth-order valence-corrected chi connectivity index (χ4v) is 3.64. The number of urea groups is 1. The number of nitrogens with two attached hydrogens (primary N) is 1. The molecule has 0 saturated heterocycles. The van der Waals surface area contributed by atoms with Gasteiger partial charge in [-0.05, 0) is 18.6 Å². The zero-order valence-electron chi connectivity index (χ0n) is 16.3. The molecule has 2 aromatic rings. The van der Waals surface area contributed by atoms with Gasteiger partial charge in [0, 0.05) is 44.0 Å². The molecule has 11 heteroatoms. The summed E-state index contributed by atoms with van der Waals surface area (Å²) in [7, 11) is 2.72. The Morgan fingerprint density at radius 2 is 2.00 bits per heavy atom. The van der Waals surface area contributed by atoms with Gasteiger partial charge in [-0.25, -0.2) is 9.78 Å². The standard InChI is InChI=1S/C19H19F3N4O4/c1-29-17(30-2)15-12(10-27)8-11-4-3-7-26(18(23)28,16(11)25-15)14-6-5-13(9-24-14)19(20,21)22/h5-6,8-10,17H,3-4,7H2,1-2H3,(H-,23,28)/p+1. The first kappa shape index (κ1) is 21.8. The van der Waals surface area contributed by atoms with Crippen LogP contribution in [-0.2, 0) is 22.1 Å². The smallest absolute Gasteiger partial charge is 0.350 e. The SMILES string of the molecule is COC(OC)c1nc2c(cc1C=O)CCC[N+]2(C(N)=O)c1ccc(C(F)(F)F)cn1. The first-order valence-corrected chi connectivity index (χ1v) is 8.96. The number of quaternary nitrogens is 1. The number of ether oxygens (including phenoxy) is 2. The first-order chi connectivity index (χ1) is 14.2. The highest BCUT2D eigenvalue weighted by molar-refractivity contribution is 5.92.